The van der Waals surface area contributed by atoms with Crippen molar-refractivity contribution in [2.24, 2.45) is 5.73 Å². The molecule has 0 saturated heterocycles. The number of hydrogen-bond donors (Lipinski definition) is 1. The van der Waals surface area contributed by atoms with Crippen LogP contribution in [0.1, 0.15) is 17.4 Å². The highest BCUT2D eigenvalue weighted by Gasteiger charge is 2.10. The van der Waals surface area contributed by atoms with E-state index in [-0.39, 0.29) is 6.04 Å². The van der Waals surface area contributed by atoms with Gasteiger partial charge in [-0.05, 0) is 25.0 Å². The smallest absolute Gasteiger partial charge is 0.0794 e. The van der Waals surface area contributed by atoms with E-state index >= 15 is 0 Å². The maximum atomic E-state index is 5.94. The zero-order valence-corrected chi connectivity index (χ0v) is 11.7. The molecule has 1 unspecified atom stereocenters. The summed E-state index contributed by atoms with van der Waals surface area (Å²) in [4.78, 5) is 5.41. The molecule has 4 heteroatoms. The molecule has 2 heterocycles. The predicted octanol–water partition coefficient (Wildman–Crippen LogP) is 3.04. The topological polar surface area (TPSA) is 43.8 Å². The van der Waals surface area contributed by atoms with Crippen LogP contribution in [0.25, 0.3) is 10.9 Å². The molecule has 0 aliphatic rings. The quantitative estimate of drug-likeness (QED) is 0.792. The van der Waals surface area contributed by atoms with Gasteiger partial charge in [-0.2, -0.15) is 0 Å². The second kappa shape index (κ2) is 5.15. The molecule has 0 saturated carbocycles. The number of hydrogen-bond acceptors (Lipinski definition) is 3. The predicted molar refractivity (Wildman–Crippen MR) is 80.5 cm³/mol. The second-order valence-corrected chi connectivity index (χ2v) is 5.92. The first-order chi connectivity index (χ1) is 9.24. The third-order valence-corrected chi connectivity index (χ3v) is 3.99. The van der Waals surface area contributed by atoms with Crippen LogP contribution in [0.4, 0.5) is 0 Å². The average Bonchev–Trinajstić information content (AvgIpc) is 2.99. The van der Waals surface area contributed by atoms with Crippen LogP contribution in [0.5, 0.6) is 0 Å². The Morgan fingerprint density at radius 2 is 2.21 bits per heavy atom. The van der Waals surface area contributed by atoms with Gasteiger partial charge in [-0.25, -0.2) is 0 Å². The van der Waals surface area contributed by atoms with Gasteiger partial charge in [0.25, 0.3) is 0 Å². The van der Waals surface area contributed by atoms with Gasteiger partial charge in [0.05, 0.1) is 12.1 Å². The Morgan fingerprint density at radius 3 is 2.95 bits per heavy atom. The van der Waals surface area contributed by atoms with Crippen LogP contribution >= 0.6 is 11.3 Å². The number of para-hydroxylation sites is 1. The largest absolute Gasteiger partial charge is 0.342 e. The SMILES string of the molecule is CC(N)Cc1cn(Cc2cncs2)c2ccccc12. The van der Waals surface area contributed by atoms with Gasteiger partial charge in [0, 0.05) is 34.2 Å². The van der Waals surface area contributed by atoms with E-state index in [1.165, 1.54) is 21.3 Å². The number of thiazole rings is 1. The molecule has 2 N–H and O–H groups in total. The fourth-order valence-corrected chi connectivity index (χ4v) is 3.04. The summed E-state index contributed by atoms with van der Waals surface area (Å²) >= 11 is 1.69. The second-order valence-electron chi connectivity index (χ2n) is 4.95. The van der Waals surface area contributed by atoms with Gasteiger partial charge in [0.1, 0.15) is 0 Å². The molecule has 0 fully saturated rings. The summed E-state index contributed by atoms with van der Waals surface area (Å²) < 4.78 is 2.29. The lowest BCUT2D eigenvalue weighted by molar-refractivity contribution is 0.735. The number of fused-ring (bicyclic) bond motifs is 1. The maximum absolute atomic E-state index is 5.94. The molecule has 3 aromatic rings. The lowest BCUT2D eigenvalue weighted by atomic mass is 10.1. The molecule has 3 rings (SSSR count). The van der Waals surface area contributed by atoms with Gasteiger partial charge in [-0.3, -0.25) is 4.98 Å². The molecule has 3 nitrogen and oxygen atoms in total. The van der Waals surface area contributed by atoms with Crippen LogP contribution in [0.15, 0.2) is 42.2 Å². The molecule has 0 aliphatic carbocycles. The lowest BCUT2D eigenvalue weighted by Gasteiger charge is -2.02. The van der Waals surface area contributed by atoms with Crippen LogP contribution in [-0.2, 0) is 13.0 Å². The van der Waals surface area contributed by atoms with Crippen LogP contribution in [-0.4, -0.2) is 15.6 Å². The highest BCUT2D eigenvalue weighted by atomic mass is 32.1. The van der Waals surface area contributed by atoms with Crippen LogP contribution in [0.2, 0.25) is 0 Å². The third-order valence-electron chi connectivity index (χ3n) is 3.22. The van der Waals surface area contributed by atoms with E-state index in [1.54, 1.807) is 11.3 Å². The number of nitrogens with zero attached hydrogens (tertiary/aromatic N) is 2. The summed E-state index contributed by atoms with van der Waals surface area (Å²) in [5.74, 6) is 0. The van der Waals surface area contributed by atoms with Crippen molar-refractivity contribution < 1.29 is 0 Å². The first-order valence-corrected chi connectivity index (χ1v) is 7.31. The Labute approximate surface area is 116 Å². The Kier molecular flexibility index (Phi) is 3.36. The van der Waals surface area contributed by atoms with E-state index in [4.69, 9.17) is 5.73 Å². The van der Waals surface area contributed by atoms with E-state index in [0.717, 1.165) is 13.0 Å². The third kappa shape index (κ3) is 2.55. The van der Waals surface area contributed by atoms with Crippen LogP contribution in [0, 0.1) is 0 Å². The lowest BCUT2D eigenvalue weighted by Crippen LogP contribution is -2.17. The van der Waals surface area contributed by atoms with Crippen LogP contribution < -0.4 is 5.73 Å². The van der Waals surface area contributed by atoms with E-state index in [9.17, 15) is 0 Å². The van der Waals surface area contributed by atoms with Gasteiger partial charge in [-0.15, -0.1) is 11.3 Å². The molecule has 0 radical (unpaired) electrons. The first-order valence-electron chi connectivity index (χ1n) is 6.43. The van der Waals surface area contributed by atoms with E-state index < -0.39 is 0 Å². The number of benzene rings is 1. The van der Waals surface area contributed by atoms with Crippen LogP contribution in [0.3, 0.4) is 0 Å². The zero-order valence-electron chi connectivity index (χ0n) is 10.9. The Balaban J connectivity index is 2.04. The molecular formula is C15H17N3S. The van der Waals surface area contributed by atoms with Gasteiger partial charge in [-0.1, -0.05) is 18.2 Å². The molecule has 19 heavy (non-hydrogen) atoms. The summed E-state index contributed by atoms with van der Waals surface area (Å²) in [5, 5.41) is 1.31. The van der Waals surface area contributed by atoms with Crippen molar-refractivity contribution in [3.63, 3.8) is 0 Å². The fraction of sp³-hybridized carbons (Fsp3) is 0.267. The monoisotopic (exact) mass is 271 g/mol. The number of aromatic nitrogens is 2. The zero-order chi connectivity index (χ0) is 13.2. The molecule has 0 amide bonds. The van der Waals surface area contributed by atoms with Crippen molar-refractivity contribution in [2.75, 3.05) is 0 Å². The standard InChI is InChI=1S/C15H17N3S/c1-11(16)6-12-8-18(9-13-7-17-10-19-13)15-5-3-2-4-14(12)15/h2-5,7-8,10-11H,6,9,16H2,1H3. The fourth-order valence-electron chi connectivity index (χ4n) is 2.45. The normalized spacial score (nSPS) is 12.9. The molecule has 0 spiro atoms. The minimum absolute atomic E-state index is 0.183. The van der Waals surface area contributed by atoms with Crippen molar-refractivity contribution in [1.29, 1.82) is 0 Å². The van der Waals surface area contributed by atoms with Crippen molar-refractivity contribution >= 4 is 22.2 Å². The van der Waals surface area contributed by atoms with Gasteiger partial charge >= 0.3 is 0 Å². The van der Waals surface area contributed by atoms with E-state index in [2.05, 4.69) is 46.9 Å². The van der Waals surface area contributed by atoms with E-state index in [1.807, 2.05) is 11.7 Å². The molecule has 0 aliphatic heterocycles. The molecular weight excluding hydrogens is 254 g/mol. The summed E-state index contributed by atoms with van der Waals surface area (Å²) in [5.41, 5.74) is 10.4. The molecule has 0 bridgehead atoms. The Hall–Kier alpha value is -1.65. The first kappa shape index (κ1) is 12.4. The van der Waals surface area contributed by atoms with Gasteiger partial charge in [0.15, 0.2) is 0 Å². The summed E-state index contributed by atoms with van der Waals surface area (Å²) in [7, 11) is 0. The molecule has 1 aromatic carbocycles. The maximum Gasteiger partial charge on any atom is 0.0794 e. The number of rotatable bonds is 4. The minimum atomic E-state index is 0.183. The van der Waals surface area contributed by atoms with Gasteiger partial charge < -0.3 is 10.3 Å². The van der Waals surface area contributed by atoms with Gasteiger partial charge in [0.2, 0.25) is 0 Å². The van der Waals surface area contributed by atoms with Crippen molar-refractivity contribution in [1.82, 2.24) is 9.55 Å². The molecule has 1 atom stereocenters. The van der Waals surface area contributed by atoms with Crippen molar-refractivity contribution in [3.8, 4) is 0 Å². The Morgan fingerprint density at radius 1 is 1.37 bits per heavy atom. The number of nitrogens with two attached hydrogens (primary N) is 1. The average molecular weight is 271 g/mol. The van der Waals surface area contributed by atoms with Crippen molar-refractivity contribution in [2.45, 2.75) is 25.9 Å². The molecule has 98 valence electrons. The van der Waals surface area contributed by atoms with E-state index in [0.29, 0.717) is 0 Å². The highest BCUT2D eigenvalue weighted by molar-refractivity contribution is 7.09. The van der Waals surface area contributed by atoms with Crippen molar-refractivity contribution in [3.05, 3.63) is 52.6 Å². The molecule has 2 aromatic heterocycles. The highest BCUT2D eigenvalue weighted by Crippen LogP contribution is 2.24. The summed E-state index contributed by atoms with van der Waals surface area (Å²) in [6.07, 6.45) is 5.08. The minimum Gasteiger partial charge on any atom is -0.342 e. The summed E-state index contributed by atoms with van der Waals surface area (Å²) in [6, 6.07) is 8.70. The Bertz CT molecular complexity index is 668. The summed E-state index contributed by atoms with van der Waals surface area (Å²) in [6.45, 7) is 2.93.